The van der Waals surface area contributed by atoms with E-state index in [2.05, 4.69) is 5.16 Å². The summed E-state index contributed by atoms with van der Waals surface area (Å²) in [4.78, 5) is 13.5. The van der Waals surface area contributed by atoms with Crippen molar-refractivity contribution in [2.45, 2.75) is 13.8 Å². The Morgan fingerprint density at radius 2 is 2.18 bits per heavy atom. The van der Waals surface area contributed by atoms with Crippen LogP contribution in [0.1, 0.15) is 12.5 Å². The molecule has 0 fully saturated rings. The van der Waals surface area contributed by atoms with Gasteiger partial charge in [0.25, 0.3) is 0 Å². The van der Waals surface area contributed by atoms with Gasteiger partial charge in [-0.1, -0.05) is 17.3 Å². The number of carbonyl (C=O) groups is 1. The van der Waals surface area contributed by atoms with E-state index in [1.54, 1.807) is 14.0 Å². The lowest BCUT2D eigenvalue weighted by atomic mass is 10.1. The molecule has 0 saturated heterocycles. The predicted molar refractivity (Wildman–Crippen MR) is 67.2 cm³/mol. The summed E-state index contributed by atoms with van der Waals surface area (Å²) >= 11 is 0. The summed E-state index contributed by atoms with van der Waals surface area (Å²) in [5.41, 5.74) is 7.27. The van der Waals surface area contributed by atoms with E-state index in [0.29, 0.717) is 0 Å². The monoisotopic (exact) mass is 235 g/mol. The zero-order valence-corrected chi connectivity index (χ0v) is 10.2. The van der Waals surface area contributed by atoms with Crippen molar-refractivity contribution in [1.29, 1.82) is 0 Å². The van der Waals surface area contributed by atoms with Gasteiger partial charge in [-0.05, 0) is 31.5 Å². The molecule has 0 aromatic heterocycles. The Morgan fingerprint density at radius 3 is 2.71 bits per heavy atom. The fraction of sp³-hybridized carbons (Fsp3) is 0.333. The van der Waals surface area contributed by atoms with Gasteiger partial charge in [-0.15, -0.1) is 0 Å². The van der Waals surface area contributed by atoms with Gasteiger partial charge in [0.2, 0.25) is 5.91 Å². The first kappa shape index (κ1) is 13.0. The second kappa shape index (κ2) is 5.34. The van der Waals surface area contributed by atoms with Crippen LogP contribution in [0.25, 0.3) is 0 Å². The standard InChI is InChI=1S/C12H17N3O2/c1-8-5-4-6-10(7-8)15(3)12(16)9(2)11(13)14-17/h4-7,9,17H,1-3H3,(H2,13,14). The summed E-state index contributed by atoms with van der Waals surface area (Å²) in [5.74, 6) is -0.953. The van der Waals surface area contributed by atoms with Crippen molar-refractivity contribution in [3.05, 3.63) is 29.8 Å². The Bertz CT molecular complexity index is 443. The Labute approximate surface area is 101 Å². The molecule has 1 unspecified atom stereocenters. The van der Waals surface area contributed by atoms with Crippen LogP contribution in [0.4, 0.5) is 5.69 Å². The van der Waals surface area contributed by atoms with E-state index in [9.17, 15) is 4.79 Å². The third kappa shape index (κ3) is 2.96. The van der Waals surface area contributed by atoms with Crippen molar-refractivity contribution in [3.63, 3.8) is 0 Å². The first-order chi connectivity index (χ1) is 7.97. The highest BCUT2D eigenvalue weighted by Gasteiger charge is 2.22. The van der Waals surface area contributed by atoms with E-state index in [1.807, 2.05) is 31.2 Å². The van der Waals surface area contributed by atoms with Gasteiger partial charge in [-0.2, -0.15) is 0 Å². The molecule has 1 amide bonds. The third-order valence-corrected chi connectivity index (χ3v) is 2.65. The first-order valence-corrected chi connectivity index (χ1v) is 5.29. The number of nitrogens with two attached hydrogens (primary N) is 1. The van der Waals surface area contributed by atoms with Crippen molar-refractivity contribution in [1.82, 2.24) is 0 Å². The maximum atomic E-state index is 12.0. The fourth-order valence-corrected chi connectivity index (χ4v) is 1.47. The molecule has 1 aromatic carbocycles. The van der Waals surface area contributed by atoms with Gasteiger partial charge in [0.1, 0.15) is 0 Å². The molecule has 0 aliphatic heterocycles. The zero-order valence-electron chi connectivity index (χ0n) is 10.2. The summed E-state index contributed by atoms with van der Waals surface area (Å²) in [5, 5.41) is 11.4. The molecule has 0 heterocycles. The number of benzene rings is 1. The van der Waals surface area contributed by atoms with Crippen LogP contribution in [0.5, 0.6) is 0 Å². The van der Waals surface area contributed by atoms with Crippen LogP contribution in [0.15, 0.2) is 29.4 Å². The largest absolute Gasteiger partial charge is 0.409 e. The highest BCUT2D eigenvalue weighted by atomic mass is 16.4. The van der Waals surface area contributed by atoms with Crippen LogP contribution in [-0.2, 0) is 4.79 Å². The van der Waals surface area contributed by atoms with Crippen LogP contribution in [-0.4, -0.2) is 24.0 Å². The number of aryl methyl sites for hydroxylation is 1. The van der Waals surface area contributed by atoms with Gasteiger partial charge in [-0.3, -0.25) is 4.79 Å². The number of carbonyl (C=O) groups excluding carboxylic acids is 1. The lowest BCUT2D eigenvalue weighted by Crippen LogP contribution is -2.38. The normalized spacial score (nSPS) is 13.2. The average Bonchev–Trinajstić information content (AvgIpc) is 2.35. The van der Waals surface area contributed by atoms with E-state index in [4.69, 9.17) is 10.9 Å². The first-order valence-electron chi connectivity index (χ1n) is 5.29. The quantitative estimate of drug-likeness (QED) is 0.359. The number of oxime groups is 1. The molecule has 5 heteroatoms. The molecule has 1 aromatic rings. The van der Waals surface area contributed by atoms with Crippen molar-refractivity contribution in [3.8, 4) is 0 Å². The molecule has 0 aliphatic rings. The minimum atomic E-state index is -0.648. The van der Waals surface area contributed by atoms with Gasteiger partial charge in [0.05, 0.1) is 5.92 Å². The molecule has 1 rings (SSSR count). The average molecular weight is 235 g/mol. The SMILES string of the molecule is Cc1cccc(N(C)C(=O)C(C)C(N)=NO)c1. The van der Waals surface area contributed by atoms with Crippen molar-refractivity contribution >= 4 is 17.4 Å². The maximum Gasteiger partial charge on any atom is 0.237 e. The molecule has 0 spiro atoms. The zero-order chi connectivity index (χ0) is 13.0. The molecular weight excluding hydrogens is 218 g/mol. The van der Waals surface area contributed by atoms with E-state index < -0.39 is 5.92 Å². The van der Waals surface area contributed by atoms with E-state index in [1.165, 1.54) is 4.90 Å². The van der Waals surface area contributed by atoms with E-state index in [-0.39, 0.29) is 11.7 Å². The number of rotatable bonds is 3. The van der Waals surface area contributed by atoms with Gasteiger partial charge >= 0.3 is 0 Å². The second-order valence-corrected chi connectivity index (χ2v) is 3.98. The molecule has 92 valence electrons. The Hall–Kier alpha value is -2.04. The summed E-state index contributed by atoms with van der Waals surface area (Å²) in [7, 11) is 1.66. The highest BCUT2D eigenvalue weighted by Crippen LogP contribution is 2.16. The van der Waals surface area contributed by atoms with E-state index in [0.717, 1.165) is 11.3 Å². The topological polar surface area (TPSA) is 78.9 Å². The molecule has 5 nitrogen and oxygen atoms in total. The van der Waals surface area contributed by atoms with Crippen molar-refractivity contribution in [2.24, 2.45) is 16.8 Å². The van der Waals surface area contributed by atoms with Crippen LogP contribution < -0.4 is 10.6 Å². The smallest absolute Gasteiger partial charge is 0.237 e. The van der Waals surface area contributed by atoms with Gasteiger partial charge < -0.3 is 15.8 Å². The number of hydrogen-bond acceptors (Lipinski definition) is 3. The van der Waals surface area contributed by atoms with Gasteiger partial charge in [0.15, 0.2) is 5.84 Å². The summed E-state index contributed by atoms with van der Waals surface area (Å²) in [6, 6.07) is 7.57. The highest BCUT2D eigenvalue weighted by molar-refractivity contribution is 6.08. The number of hydrogen-bond donors (Lipinski definition) is 2. The van der Waals surface area contributed by atoms with Crippen LogP contribution in [0.2, 0.25) is 0 Å². The molecular formula is C12H17N3O2. The third-order valence-electron chi connectivity index (χ3n) is 2.65. The molecule has 17 heavy (non-hydrogen) atoms. The van der Waals surface area contributed by atoms with Gasteiger partial charge in [0, 0.05) is 12.7 Å². The molecule has 0 aliphatic carbocycles. The predicted octanol–water partition coefficient (Wildman–Crippen LogP) is 1.34. The van der Waals surface area contributed by atoms with Gasteiger partial charge in [-0.25, -0.2) is 0 Å². The number of amides is 1. The minimum absolute atomic E-state index is 0.0884. The van der Waals surface area contributed by atoms with Crippen molar-refractivity contribution in [2.75, 3.05) is 11.9 Å². The fourth-order valence-electron chi connectivity index (χ4n) is 1.47. The van der Waals surface area contributed by atoms with Crippen LogP contribution in [0, 0.1) is 12.8 Å². The molecule has 3 N–H and O–H groups in total. The summed E-state index contributed by atoms with van der Waals surface area (Å²) in [6.07, 6.45) is 0. The molecule has 0 bridgehead atoms. The number of nitrogens with zero attached hydrogens (tertiary/aromatic N) is 2. The maximum absolute atomic E-state index is 12.0. The minimum Gasteiger partial charge on any atom is -0.409 e. The Kier molecular flexibility index (Phi) is 4.09. The van der Waals surface area contributed by atoms with Crippen molar-refractivity contribution < 1.29 is 10.0 Å². The Balaban J connectivity index is 2.90. The lowest BCUT2D eigenvalue weighted by Gasteiger charge is -2.21. The van der Waals surface area contributed by atoms with Crippen LogP contribution in [0.3, 0.4) is 0 Å². The molecule has 1 atom stereocenters. The summed E-state index contributed by atoms with van der Waals surface area (Å²) in [6.45, 7) is 3.55. The number of anilines is 1. The molecule has 0 radical (unpaired) electrons. The van der Waals surface area contributed by atoms with Crippen LogP contribution >= 0.6 is 0 Å². The molecule has 0 saturated carbocycles. The van der Waals surface area contributed by atoms with E-state index >= 15 is 0 Å². The Morgan fingerprint density at radius 1 is 1.53 bits per heavy atom. The lowest BCUT2D eigenvalue weighted by molar-refractivity contribution is -0.119. The number of amidine groups is 1. The second-order valence-electron chi connectivity index (χ2n) is 3.98. The summed E-state index contributed by atoms with van der Waals surface area (Å²) < 4.78 is 0.